The summed E-state index contributed by atoms with van der Waals surface area (Å²) in [6.45, 7) is 4.57. The number of hydrogen-bond donors (Lipinski definition) is 1. The molecule has 2 nitrogen and oxygen atoms in total. The van der Waals surface area contributed by atoms with Crippen molar-refractivity contribution in [1.82, 2.24) is 4.90 Å². The first kappa shape index (κ1) is 14.4. The Morgan fingerprint density at radius 2 is 1.84 bits per heavy atom. The molecule has 106 valence electrons. The molecular weight excluding hydrogens is 234 g/mol. The standard InChI is InChI=1S/C17H27NO/c1-4-16(15-7-5-6-8-17(15)19)18(3)14-11-9-13(2)10-12-14/h5-8,13-14,16,19H,4,9-12H2,1-3H3. The molecule has 0 heterocycles. The Bertz CT molecular complexity index is 396. The Hall–Kier alpha value is -1.02. The minimum atomic E-state index is 0.333. The summed E-state index contributed by atoms with van der Waals surface area (Å²) in [6, 6.07) is 8.78. The van der Waals surface area contributed by atoms with Gasteiger partial charge in [0.05, 0.1) is 0 Å². The molecule has 2 rings (SSSR count). The van der Waals surface area contributed by atoms with Gasteiger partial charge in [0.15, 0.2) is 0 Å². The van der Waals surface area contributed by atoms with Crippen LogP contribution in [-0.4, -0.2) is 23.1 Å². The molecule has 0 aliphatic heterocycles. The molecule has 1 aromatic carbocycles. The highest BCUT2D eigenvalue weighted by Gasteiger charge is 2.27. The highest BCUT2D eigenvalue weighted by molar-refractivity contribution is 5.34. The van der Waals surface area contributed by atoms with E-state index in [1.807, 2.05) is 12.1 Å². The van der Waals surface area contributed by atoms with Crippen molar-refractivity contribution in [2.24, 2.45) is 5.92 Å². The molecule has 1 aromatic rings. The van der Waals surface area contributed by atoms with Gasteiger partial charge in [0.25, 0.3) is 0 Å². The van der Waals surface area contributed by atoms with Crippen LogP contribution in [0, 0.1) is 5.92 Å². The lowest BCUT2D eigenvalue weighted by molar-refractivity contribution is 0.119. The number of benzene rings is 1. The van der Waals surface area contributed by atoms with Gasteiger partial charge >= 0.3 is 0 Å². The summed E-state index contributed by atoms with van der Waals surface area (Å²) in [5.74, 6) is 1.32. The van der Waals surface area contributed by atoms with Crippen molar-refractivity contribution < 1.29 is 5.11 Å². The smallest absolute Gasteiger partial charge is 0.120 e. The average molecular weight is 261 g/mol. The lowest BCUT2D eigenvalue weighted by atomic mass is 9.85. The van der Waals surface area contributed by atoms with Crippen LogP contribution >= 0.6 is 0 Å². The van der Waals surface area contributed by atoms with Crippen molar-refractivity contribution in [3.05, 3.63) is 29.8 Å². The summed E-state index contributed by atoms with van der Waals surface area (Å²) in [6.07, 6.45) is 6.31. The first-order chi connectivity index (χ1) is 9.13. The summed E-state index contributed by atoms with van der Waals surface area (Å²) in [4.78, 5) is 2.49. The fraction of sp³-hybridized carbons (Fsp3) is 0.647. The highest BCUT2D eigenvalue weighted by Crippen LogP contribution is 2.35. The minimum absolute atomic E-state index is 0.333. The average Bonchev–Trinajstić information content (AvgIpc) is 2.42. The SMILES string of the molecule is CCC(c1ccccc1O)N(C)C1CCC(C)CC1. The number of phenols is 1. The lowest BCUT2D eigenvalue weighted by Gasteiger charge is -2.38. The first-order valence-corrected chi connectivity index (χ1v) is 7.63. The highest BCUT2D eigenvalue weighted by atomic mass is 16.3. The molecule has 19 heavy (non-hydrogen) atoms. The van der Waals surface area contributed by atoms with Crippen LogP contribution in [0.2, 0.25) is 0 Å². The predicted octanol–water partition coefficient (Wildman–Crippen LogP) is 4.35. The number of nitrogens with zero attached hydrogens (tertiary/aromatic N) is 1. The number of aromatic hydroxyl groups is 1. The van der Waals surface area contributed by atoms with Gasteiger partial charge in [-0.25, -0.2) is 0 Å². The number of hydrogen-bond acceptors (Lipinski definition) is 2. The Labute approximate surface area is 117 Å². The van der Waals surface area contributed by atoms with E-state index in [0.29, 0.717) is 17.8 Å². The van der Waals surface area contributed by atoms with Crippen molar-refractivity contribution in [3.8, 4) is 5.75 Å². The third kappa shape index (κ3) is 3.30. The maximum absolute atomic E-state index is 10.1. The maximum atomic E-state index is 10.1. The number of rotatable bonds is 4. The molecule has 0 radical (unpaired) electrons. The van der Waals surface area contributed by atoms with E-state index >= 15 is 0 Å². The molecule has 1 N–H and O–H groups in total. The van der Waals surface area contributed by atoms with Crippen molar-refractivity contribution >= 4 is 0 Å². The largest absolute Gasteiger partial charge is 0.508 e. The van der Waals surface area contributed by atoms with E-state index in [1.54, 1.807) is 6.07 Å². The zero-order valence-corrected chi connectivity index (χ0v) is 12.5. The molecule has 0 aromatic heterocycles. The fourth-order valence-electron chi connectivity index (χ4n) is 3.40. The van der Waals surface area contributed by atoms with Crippen LogP contribution in [0.1, 0.15) is 57.6 Å². The van der Waals surface area contributed by atoms with Gasteiger partial charge < -0.3 is 5.11 Å². The van der Waals surface area contributed by atoms with Crippen LogP contribution in [0.3, 0.4) is 0 Å². The van der Waals surface area contributed by atoms with Crippen LogP contribution in [0.15, 0.2) is 24.3 Å². The molecule has 1 saturated carbocycles. The minimum Gasteiger partial charge on any atom is -0.508 e. The topological polar surface area (TPSA) is 23.5 Å². The van der Waals surface area contributed by atoms with Gasteiger partial charge in [-0.2, -0.15) is 0 Å². The molecule has 1 aliphatic rings. The van der Waals surface area contributed by atoms with E-state index in [1.165, 1.54) is 25.7 Å². The van der Waals surface area contributed by atoms with Gasteiger partial charge in [0.2, 0.25) is 0 Å². The van der Waals surface area contributed by atoms with Crippen molar-refractivity contribution in [3.63, 3.8) is 0 Å². The first-order valence-electron chi connectivity index (χ1n) is 7.63. The zero-order chi connectivity index (χ0) is 13.8. The van der Waals surface area contributed by atoms with Crippen LogP contribution in [0.4, 0.5) is 0 Å². The Balaban J connectivity index is 2.11. The Morgan fingerprint density at radius 1 is 1.21 bits per heavy atom. The Kier molecular flexibility index (Phi) is 4.87. The summed E-state index contributed by atoms with van der Waals surface area (Å²) in [5, 5.41) is 10.1. The van der Waals surface area contributed by atoms with Gasteiger partial charge in [-0.05, 0) is 51.1 Å². The molecule has 1 aliphatic carbocycles. The van der Waals surface area contributed by atoms with Gasteiger partial charge in [-0.15, -0.1) is 0 Å². The van der Waals surface area contributed by atoms with E-state index < -0.39 is 0 Å². The molecule has 0 bridgehead atoms. The predicted molar refractivity (Wildman–Crippen MR) is 80.3 cm³/mol. The molecule has 0 saturated heterocycles. The van der Waals surface area contributed by atoms with Gasteiger partial charge in [-0.3, -0.25) is 4.90 Å². The van der Waals surface area contributed by atoms with Crippen LogP contribution in [-0.2, 0) is 0 Å². The fourth-order valence-corrected chi connectivity index (χ4v) is 3.40. The molecular formula is C17H27NO. The van der Waals surface area contributed by atoms with Crippen LogP contribution in [0.25, 0.3) is 0 Å². The molecule has 1 atom stereocenters. The number of phenolic OH excluding ortho intramolecular Hbond substituents is 1. The second-order valence-corrected chi connectivity index (χ2v) is 6.06. The van der Waals surface area contributed by atoms with Crippen LogP contribution in [0.5, 0.6) is 5.75 Å². The Morgan fingerprint density at radius 3 is 2.42 bits per heavy atom. The summed E-state index contributed by atoms with van der Waals surface area (Å²) in [5.41, 5.74) is 1.08. The second kappa shape index (κ2) is 6.42. The van der Waals surface area contributed by atoms with E-state index in [2.05, 4.69) is 31.9 Å². The van der Waals surface area contributed by atoms with Gasteiger partial charge in [0, 0.05) is 17.6 Å². The third-order valence-electron chi connectivity index (χ3n) is 4.74. The summed E-state index contributed by atoms with van der Waals surface area (Å²) >= 11 is 0. The van der Waals surface area contributed by atoms with Crippen LogP contribution < -0.4 is 0 Å². The maximum Gasteiger partial charge on any atom is 0.120 e. The van der Waals surface area contributed by atoms with E-state index in [-0.39, 0.29) is 0 Å². The van der Waals surface area contributed by atoms with E-state index in [9.17, 15) is 5.11 Å². The van der Waals surface area contributed by atoms with Crippen molar-refractivity contribution in [2.45, 2.75) is 58.0 Å². The number of para-hydroxylation sites is 1. The molecule has 0 amide bonds. The third-order valence-corrected chi connectivity index (χ3v) is 4.74. The van der Waals surface area contributed by atoms with E-state index in [4.69, 9.17) is 0 Å². The van der Waals surface area contributed by atoms with Gasteiger partial charge in [0.1, 0.15) is 5.75 Å². The quantitative estimate of drug-likeness (QED) is 0.870. The molecule has 0 spiro atoms. The molecule has 2 heteroatoms. The second-order valence-electron chi connectivity index (χ2n) is 6.06. The lowest BCUT2D eigenvalue weighted by Crippen LogP contribution is -2.37. The summed E-state index contributed by atoms with van der Waals surface area (Å²) < 4.78 is 0. The zero-order valence-electron chi connectivity index (χ0n) is 12.5. The van der Waals surface area contributed by atoms with Crippen molar-refractivity contribution in [1.29, 1.82) is 0 Å². The molecule has 1 fully saturated rings. The van der Waals surface area contributed by atoms with E-state index in [0.717, 1.165) is 17.9 Å². The molecule has 1 unspecified atom stereocenters. The monoisotopic (exact) mass is 261 g/mol. The summed E-state index contributed by atoms with van der Waals surface area (Å²) in [7, 11) is 2.22. The normalized spacial score (nSPS) is 25.5. The van der Waals surface area contributed by atoms with Crippen molar-refractivity contribution in [2.75, 3.05) is 7.05 Å². The van der Waals surface area contributed by atoms with Gasteiger partial charge in [-0.1, -0.05) is 32.0 Å².